The predicted molar refractivity (Wildman–Crippen MR) is 63.9 cm³/mol. The molecule has 0 atom stereocenters. The first kappa shape index (κ1) is 15.3. The van der Waals surface area contributed by atoms with Crippen LogP contribution in [0.2, 0.25) is 0 Å². The van der Waals surface area contributed by atoms with Crippen molar-refractivity contribution in [2.75, 3.05) is 6.61 Å². The maximum absolute atomic E-state index is 11.9. The molecule has 0 fully saturated rings. The van der Waals surface area contributed by atoms with Crippen molar-refractivity contribution >= 4 is 5.84 Å². The van der Waals surface area contributed by atoms with Gasteiger partial charge in [0.05, 0.1) is 6.61 Å². The third-order valence-electron chi connectivity index (χ3n) is 2.41. The molecule has 0 radical (unpaired) electrons. The molecule has 1 aromatic carbocycles. The van der Waals surface area contributed by atoms with Crippen LogP contribution in [0.1, 0.15) is 24.0 Å². The van der Waals surface area contributed by atoms with Gasteiger partial charge in [-0.1, -0.05) is 29.4 Å². The largest absolute Gasteiger partial charge is 0.409 e. The fourth-order valence-corrected chi connectivity index (χ4v) is 1.51. The lowest BCUT2D eigenvalue weighted by molar-refractivity contribution is -0.138. The normalized spacial score (nSPS) is 12.7. The molecule has 0 aliphatic rings. The molecular weight excluding hydrogens is 261 g/mol. The summed E-state index contributed by atoms with van der Waals surface area (Å²) in [6.45, 7) is 0.119. The van der Waals surface area contributed by atoms with Gasteiger partial charge in [0.1, 0.15) is 0 Å². The highest BCUT2D eigenvalue weighted by Gasteiger charge is 2.25. The van der Waals surface area contributed by atoms with E-state index in [4.69, 9.17) is 15.7 Å². The van der Waals surface area contributed by atoms with Gasteiger partial charge in [0.2, 0.25) is 0 Å². The minimum atomic E-state index is -4.16. The minimum Gasteiger partial charge on any atom is -0.409 e. The van der Waals surface area contributed by atoms with Crippen molar-refractivity contribution in [2.45, 2.75) is 25.6 Å². The Balaban J connectivity index is 2.46. The lowest BCUT2D eigenvalue weighted by atomic mass is 10.1. The lowest BCUT2D eigenvalue weighted by Gasteiger charge is -2.09. The van der Waals surface area contributed by atoms with Crippen LogP contribution in [-0.4, -0.2) is 23.8 Å². The van der Waals surface area contributed by atoms with Crippen LogP contribution in [0.3, 0.4) is 0 Å². The highest BCUT2D eigenvalue weighted by Crippen LogP contribution is 2.21. The third-order valence-corrected chi connectivity index (χ3v) is 2.41. The van der Waals surface area contributed by atoms with E-state index in [9.17, 15) is 13.2 Å². The number of nitrogens with two attached hydrogens (primary N) is 1. The number of amidine groups is 1. The second-order valence-corrected chi connectivity index (χ2v) is 3.91. The number of halogens is 3. The van der Waals surface area contributed by atoms with Crippen molar-refractivity contribution in [3.63, 3.8) is 0 Å². The Morgan fingerprint density at radius 2 is 2.00 bits per heavy atom. The molecule has 1 rings (SSSR count). The quantitative estimate of drug-likeness (QED) is 0.276. The van der Waals surface area contributed by atoms with Gasteiger partial charge in [0, 0.05) is 18.6 Å². The second-order valence-electron chi connectivity index (χ2n) is 3.91. The summed E-state index contributed by atoms with van der Waals surface area (Å²) in [6, 6.07) is 6.80. The Hall–Kier alpha value is -1.76. The molecule has 0 heterocycles. The number of hydrogen-bond acceptors (Lipinski definition) is 3. The van der Waals surface area contributed by atoms with E-state index in [1.165, 1.54) is 0 Å². The first-order valence-corrected chi connectivity index (χ1v) is 5.64. The zero-order chi connectivity index (χ0) is 14.3. The highest BCUT2D eigenvalue weighted by molar-refractivity contribution is 5.98. The number of rotatable bonds is 6. The van der Waals surface area contributed by atoms with Gasteiger partial charge in [-0.05, 0) is 12.0 Å². The molecule has 4 nitrogen and oxygen atoms in total. The van der Waals surface area contributed by atoms with Crippen LogP contribution >= 0.6 is 0 Å². The van der Waals surface area contributed by atoms with Gasteiger partial charge in [-0.15, -0.1) is 0 Å². The van der Waals surface area contributed by atoms with Crippen molar-refractivity contribution in [3.8, 4) is 0 Å². The Kier molecular flexibility index (Phi) is 5.62. The topological polar surface area (TPSA) is 67.8 Å². The average molecular weight is 276 g/mol. The number of ether oxygens (including phenoxy) is 1. The van der Waals surface area contributed by atoms with Crippen LogP contribution < -0.4 is 5.73 Å². The van der Waals surface area contributed by atoms with Gasteiger partial charge in [-0.3, -0.25) is 0 Å². The number of alkyl halides is 3. The van der Waals surface area contributed by atoms with Gasteiger partial charge in [-0.25, -0.2) is 0 Å². The predicted octanol–water partition coefficient (Wildman–Crippen LogP) is 2.64. The van der Waals surface area contributed by atoms with E-state index in [-0.39, 0.29) is 25.5 Å². The molecule has 0 amide bonds. The van der Waals surface area contributed by atoms with E-state index in [2.05, 4.69) is 5.16 Å². The van der Waals surface area contributed by atoms with Crippen molar-refractivity contribution in [1.29, 1.82) is 0 Å². The van der Waals surface area contributed by atoms with Crippen LogP contribution in [0.5, 0.6) is 0 Å². The zero-order valence-electron chi connectivity index (χ0n) is 10.2. The average Bonchev–Trinajstić information content (AvgIpc) is 2.36. The monoisotopic (exact) mass is 276 g/mol. The molecule has 1 aromatic rings. The summed E-state index contributed by atoms with van der Waals surface area (Å²) in [6.07, 6.45) is -5.11. The minimum absolute atomic E-state index is 0.00399. The van der Waals surface area contributed by atoms with Crippen molar-refractivity contribution in [3.05, 3.63) is 35.4 Å². The van der Waals surface area contributed by atoms with Crippen LogP contribution in [-0.2, 0) is 11.3 Å². The fourth-order valence-electron chi connectivity index (χ4n) is 1.51. The van der Waals surface area contributed by atoms with E-state index >= 15 is 0 Å². The molecule has 3 N–H and O–H groups in total. The molecule has 19 heavy (non-hydrogen) atoms. The van der Waals surface area contributed by atoms with E-state index in [1.54, 1.807) is 24.3 Å². The maximum atomic E-state index is 11.9. The lowest BCUT2D eigenvalue weighted by Crippen LogP contribution is -2.16. The molecule has 0 unspecified atom stereocenters. The second kappa shape index (κ2) is 6.98. The summed E-state index contributed by atoms with van der Waals surface area (Å²) < 4.78 is 40.9. The molecule has 0 bridgehead atoms. The van der Waals surface area contributed by atoms with E-state index in [1.807, 2.05) is 0 Å². The molecule has 0 aliphatic heterocycles. The molecule has 0 aromatic heterocycles. The van der Waals surface area contributed by atoms with E-state index < -0.39 is 12.6 Å². The number of oxime groups is 1. The molecule has 0 aliphatic carbocycles. The Bertz CT molecular complexity index is 433. The van der Waals surface area contributed by atoms with Gasteiger partial charge in [0.15, 0.2) is 5.84 Å². The SMILES string of the molecule is N/C(=N/O)c1ccccc1COCCCC(F)(F)F. The van der Waals surface area contributed by atoms with Gasteiger partial charge < -0.3 is 15.7 Å². The third kappa shape index (κ3) is 5.60. The zero-order valence-corrected chi connectivity index (χ0v) is 10.2. The summed E-state index contributed by atoms with van der Waals surface area (Å²) in [5.74, 6) is -0.0607. The first-order chi connectivity index (χ1) is 8.94. The Labute approximate surface area is 108 Å². The van der Waals surface area contributed by atoms with Gasteiger partial charge in [0.25, 0.3) is 0 Å². The molecule has 0 saturated carbocycles. The Morgan fingerprint density at radius 3 is 2.63 bits per heavy atom. The summed E-state index contributed by atoms with van der Waals surface area (Å²) in [5.41, 5.74) is 6.64. The molecule has 106 valence electrons. The summed E-state index contributed by atoms with van der Waals surface area (Å²) >= 11 is 0. The number of hydrogen-bond donors (Lipinski definition) is 2. The molecule has 0 saturated heterocycles. The smallest absolute Gasteiger partial charge is 0.389 e. The summed E-state index contributed by atoms with van der Waals surface area (Å²) in [7, 11) is 0. The standard InChI is InChI=1S/C12H15F3N2O2/c13-12(14,15)6-3-7-19-8-9-4-1-2-5-10(9)11(16)17-18/h1-2,4-5,18H,3,6-8H2,(H2,16,17). The fraction of sp³-hybridized carbons (Fsp3) is 0.417. The first-order valence-electron chi connectivity index (χ1n) is 5.64. The van der Waals surface area contributed by atoms with Crippen LogP contribution in [0.4, 0.5) is 13.2 Å². The van der Waals surface area contributed by atoms with Crippen molar-refractivity contribution < 1.29 is 23.1 Å². The number of nitrogens with zero attached hydrogens (tertiary/aromatic N) is 1. The van der Waals surface area contributed by atoms with Gasteiger partial charge in [-0.2, -0.15) is 13.2 Å². The highest BCUT2D eigenvalue weighted by atomic mass is 19.4. The van der Waals surface area contributed by atoms with Crippen LogP contribution in [0, 0.1) is 0 Å². The van der Waals surface area contributed by atoms with Crippen molar-refractivity contribution in [1.82, 2.24) is 0 Å². The van der Waals surface area contributed by atoms with Crippen molar-refractivity contribution in [2.24, 2.45) is 10.9 Å². The maximum Gasteiger partial charge on any atom is 0.389 e. The van der Waals surface area contributed by atoms with Gasteiger partial charge >= 0.3 is 6.18 Å². The molecule has 7 heteroatoms. The Morgan fingerprint density at radius 1 is 1.32 bits per heavy atom. The van der Waals surface area contributed by atoms with E-state index in [0.29, 0.717) is 11.1 Å². The van der Waals surface area contributed by atoms with E-state index in [0.717, 1.165) is 0 Å². The summed E-state index contributed by atoms with van der Waals surface area (Å²) in [4.78, 5) is 0. The molecule has 0 spiro atoms. The summed E-state index contributed by atoms with van der Waals surface area (Å²) in [5, 5.41) is 11.5. The number of benzene rings is 1. The molecular formula is C12H15F3N2O2. The van der Waals surface area contributed by atoms with Crippen LogP contribution in [0.15, 0.2) is 29.4 Å². The van der Waals surface area contributed by atoms with Crippen LogP contribution in [0.25, 0.3) is 0 Å².